The van der Waals surface area contributed by atoms with Gasteiger partial charge in [-0.05, 0) is 0 Å². The minimum atomic E-state index is -2.47. The van der Waals surface area contributed by atoms with Crippen molar-refractivity contribution < 1.29 is 18.3 Å². The van der Waals surface area contributed by atoms with E-state index in [4.69, 9.17) is 0 Å². The number of halogens is 2. The summed E-state index contributed by atoms with van der Waals surface area (Å²) < 4.78 is 27.6. The summed E-state index contributed by atoms with van der Waals surface area (Å²) in [4.78, 5) is 11.5. The zero-order chi connectivity index (χ0) is 7.56. The number of carbonyl (C=O) groups is 1. The van der Waals surface area contributed by atoms with Gasteiger partial charge < -0.3 is 4.74 Å². The summed E-state index contributed by atoms with van der Waals surface area (Å²) in [6, 6.07) is 0. The zero-order valence-corrected chi connectivity index (χ0v) is 5.22. The lowest BCUT2D eigenvalue weighted by molar-refractivity contribution is 0.0991. The van der Waals surface area contributed by atoms with Crippen LogP contribution in [0, 0.1) is 0 Å². The second-order valence-corrected chi connectivity index (χ2v) is 1.95. The molecule has 0 saturated carbocycles. The molecule has 0 aromatic rings. The topological polar surface area (TPSA) is 29.5 Å². The summed E-state index contributed by atoms with van der Waals surface area (Å²) in [7, 11) is 0. The Labute approximate surface area is 56.6 Å². The second-order valence-electron chi connectivity index (χ2n) is 1.95. The van der Waals surface area contributed by atoms with E-state index in [0.29, 0.717) is 0 Å². The predicted molar refractivity (Wildman–Crippen MR) is 28.9 cm³/mol. The van der Waals surface area contributed by atoms with E-state index in [1.807, 2.05) is 0 Å². The highest BCUT2D eigenvalue weighted by molar-refractivity contribution is 5.69. The third kappa shape index (κ3) is 1.55. The smallest absolute Gasteiger partial charge is 0.410 e. The number of hydrogen-bond donors (Lipinski definition) is 0. The van der Waals surface area contributed by atoms with E-state index < -0.39 is 19.1 Å². The van der Waals surface area contributed by atoms with Gasteiger partial charge in [0.15, 0.2) is 0 Å². The normalized spacial score (nSPS) is 18.3. The van der Waals surface area contributed by atoms with Gasteiger partial charge in [-0.3, -0.25) is 4.90 Å². The van der Waals surface area contributed by atoms with Crippen LogP contribution in [0.1, 0.15) is 0 Å². The fourth-order valence-corrected chi connectivity index (χ4v) is 0.758. The van der Waals surface area contributed by atoms with E-state index >= 15 is 0 Å². The molecule has 0 aliphatic carbocycles. The lowest BCUT2D eigenvalue weighted by atomic mass is 10.5. The van der Waals surface area contributed by atoms with Gasteiger partial charge in [-0.15, -0.1) is 0 Å². The van der Waals surface area contributed by atoms with Crippen molar-refractivity contribution in [3.8, 4) is 0 Å². The zero-order valence-electron chi connectivity index (χ0n) is 5.22. The van der Waals surface area contributed by atoms with Crippen LogP contribution >= 0.6 is 0 Å². The second kappa shape index (κ2) is 2.81. The van der Waals surface area contributed by atoms with Crippen LogP contribution in [0.5, 0.6) is 0 Å². The Hall–Kier alpha value is -0.870. The monoisotopic (exact) mass is 151 g/mol. The number of rotatable bonds is 2. The summed E-state index contributed by atoms with van der Waals surface area (Å²) in [5.41, 5.74) is 0. The summed E-state index contributed by atoms with van der Waals surface area (Å²) in [6.07, 6.45) is -3.11. The largest absolute Gasteiger partial charge is 0.448 e. The molecule has 0 aromatic heterocycles. The molecule has 1 fully saturated rings. The van der Waals surface area contributed by atoms with Gasteiger partial charge in [0.25, 0.3) is 6.43 Å². The van der Waals surface area contributed by atoms with Crippen LogP contribution in [-0.4, -0.2) is 37.1 Å². The SMILES string of the molecule is O=C1OCCN1CC(F)F. The van der Waals surface area contributed by atoms with Crippen LogP contribution < -0.4 is 0 Å². The van der Waals surface area contributed by atoms with Crippen molar-refractivity contribution in [3.63, 3.8) is 0 Å². The standard InChI is InChI=1S/C5H7F2NO2/c6-4(7)3-8-1-2-10-5(8)9/h4H,1-3H2. The van der Waals surface area contributed by atoms with E-state index in [0.717, 1.165) is 4.90 Å². The van der Waals surface area contributed by atoms with Gasteiger partial charge in [-0.1, -0.05) is 0 Å². The molecule has 5 heteroatoms. The lowest BCUT2D eigenvalue weighted by Gasteiger charge is -2.09. The third-order valence-corrected chi connectivity index (χ3v) is 1.20. The molecule has 0 atom stereocenters. The van der Waals surface area contributed by atoms with Crippen molar-refractivity contribution in [2.45, 2.75) is 6.43 Å². The predicted octanol–water partition coefficient (Wildman–Crippen LogP) is 0.704. The quantitative estimate of drug-likeness (QED) is 0.581. The van der Waals surface area contributed by atoms with Crippen LogP contribution in [0.2, 0.25) is 0 Å². The van der Waals surface area contributed by atoms with Gasteiger partial charge in [-0.25, -0.2) is 13.6 Å². The lowest BCUT2D eigenvalue weighted by Crippen LogP contribution is -2.29. The van der Waals surface area contributed by atoms with E-state index in [9.17, 15) is 13.6 Å². The first-order valence-electron chi connectivity index (χ1n) is 2.90. The number of cyclic esters (lactones) is 1. The number of alkyl halides is 2. The van der Waals surface area contributed by atoms with Gasteiger partial charge >= 0.3 is 6.09 Å². The first kappa shape index (κ1) is 7.24. The molecule has 1 saturated heterocycles. The molecule has 1 rings (SSSR count). The molecule has 10 heavy (non-hydrogen) atoms. The number of hydrogen-bond acceptors (Lipinski definition) is 2. The van der Waals surface area contributed by atoms with Crippen LogP contribution in [0.15, 0.2) is 0 Å². The molecule has 3 nitrogen and oxygen atoms in total. The summed E-state index contributed by atoms with van der Waals surface area (Å²) in [5.74, 6) is 0. The Kier molecular flexibility index (Phi) is 2.03. The Morgan fingerprint density at radius 2 is 2.40 bits per heavy atom. The molecule has 0 aromatic carbocycles. The Morgan fingerprint density at radius 3 is 2.80 bits per heavy atom. The Morgan fingerprint density at radius 1 is 1.70 bits per heavy atom. The maximum Gasteiger partial charge on any atom is 0.410 e. The summed E-state index contributed by atoms with van der Waals surface area (Å²) in [6.45, 7) is -0.00639. The molecular weight excluding hydrogens is 144 g/mol. The molecule has 0 spiro atoms. The highest BCUT2D eigenvalue weighted by Gasteiger charge is 2.24. The first-order chi connectivity index (χ1) is 4.70. The fraction of sp³-hybridized carbons (Fsp3) is 0.800. The Balaban J connectivity index is 2.33. The molecule has 1 heterocycles. The molecule has 0 bridgehead atoms. The highest BCUT2D eigenvalue weighted by atomic mass is 19.3. The van der Waals surface area contributed by atoms with E-state index in [2.05, 4.69) is 4.74 Å². The van der Waals surface area contributed by atoms with E-state index in [1.54, 1.807) is 0 Å². The van der Waals surface area contributed by atoms with Gasteiger partial charge in [0, 0.05) is 0 Å². The van der Waals surface area contributed by atoms with Crippen LogP contribution in [-0.2, 0) is 4.74 Å². The van der Waals surface area contributed by atoms with E-state index in [-0.39, 0.29) is 13.2 Å². The van der Waals surface area contributed by atoms with Crippen LogP contribution in [0.4, 0.5) is 13.6 Å². The summed E-state index contributed by atoms with van der Waals surface area (Å²) in [5, 5.41) is 0. The summed E-state index contributed by atoms with van der Waals surface area (Å²) >= 11 is 0. The van der Waals surface area contributed by atoms with Crippen molar-refractivity contribution in [3.05, 3.63) is 0 Å². The molecule has 0 radical (unpaired) electrons. The molecule has 1 amide bonds. The van der Waals surface area contributed by atoms with Gasteiger partial charge in [0.1, 0.15) is 6.61 Å². The first-order valence-corrected chi connectivity index (χ1v) is 2.90. The molecule has 0 N–H and O–H groups in total. The minimum Gasteiger partial charge on any atom is -0.448 e. The maximum atomic E-state index is 11.6. The third-order valence-electron chi connectivity index (χ3n) is 1.20. The van der Waals surface area contributed by atoms with Crippen molar-refractivity contribution in [2.75, 3.05) is 19.7 Å². The van der Waals surface area contributed by atoms with Crippen LogP contribution in [0.25, 0.3) is 0 Å². The minimum absolute atomic E-state index is 0.228. The average Bonchev–Trinajstić information content (AvgIpc) is 2.15. The molecular formula is C5H7F2NO2. The van der Waals surface area contributed by atoms with Gasteiger partial charge in [0.2, 0.25) is 0 Å². The van der Waals surface area contributed by atoms with Crippen molar-refractivity contribution in [2.24, 2.45) is 0 Å². The van der Waals surface area contributed by atoms with Gasteiger partial charge in [0.05, 0.1) is 13.1 Å². The number of amides is 1. The number of nitrogens with zero attached hydrogens (tertiary/aromatic N) is 1. The molecule has 1 aliphatic heterocycles. The molecule has 0 unspecified atom stereocenters. The van der Waals surface area contributed by atoms with Gasteiger partial charge in [-0.2, -0.15) is 0 Å². The van der Waals surface area contributed by atoms with Crippen molar-refractivity contribution in [1.82, 2.24) is 4.90 Å². The number of carbonyl (C=O) groups excluding carboxylic acids is 1. The number of ether oxygens (including phenoxy) is 1. The average molecular weight is 151 g/mol. The van der Waals surface area contributed by atoms with Crippen molar-refractivity contribution >= 4 is 6.09 Å². The molecule has 58 valence electrons. The Bertz CT molecular complexity index is 140. The van der Waals surface area contributed by atoms with Crippen LogP contribution in [0.3, 0.4) is 0 Å². The van der Waals surface area contributed by atoms with E-state index in [1.165, 1.54) is 0 Å². The molecule has 1 aliphatic rings. The highest BCUT2D eigenvalue weighted by Crippen LogP contribution is 2.05. The van der Waals surface area contributed by atoms with Crippen molar-refractivity contribution in [1.29, 1.82) is 0 Å². The maximum absolute atomic E-state index is 11.6. The fourth-order valence-electron chi connectivity index (χ4n) is 0.758.